The van der Waals surface area contributed by atoms with Crippen LogP contribution in [0.25, 0.3) is 10.1 Å². The fraction of sp³-hybridized carbons (Fsp3) is 0.250. The van der Waals surface area contributed by atoms with E-state index in [0.717, 1.165) is 10.4 Å². The van der Waals surface area contributed by atoms with Gasteiger partial charge in [0.05, 0.1) is 10.6 Å². The summed E-state index contributed by atoms with van der Waals surface area (Å²) in [4.78, 5) is 17.5. The van der Waals surface area contributed by atoms with Gasteiger partial charge in [-0.2, -0.15) is 0 Å². The summed E-state index contributed by atoms with van der Waals surface area (Å²) in [5, 5.41) is 6.00. The van der Waals surface area contributed by atoms with E-state index in [4.69, 9.17) is 0 Å². The van der Waals surface area contributed by atoms with E-state index in [0.29, 0.717) is 26.9 Å². The molecule has 0 bridgehead atoms. The Balaban J connectivity index is 1.64. The largest absolute Gasteiger partial charge is 0.297 e. The van der Waals surface area contributed by atoms with E-state index < -0.39 is 0 Å². The Hall–Kier alpha value is -1.79. The first-order chi connectivity index (χ1) is 10.6. The first-order valence-electron chi connectivity index (χ1n) is 7.08. The number of benzene rings is 1. The Morgan fingerprint density at radius 3 is 2.95 bits per heavy atom. The van der Waals surface area contributed by atoms with Crippen molar-refractivity contribution in [2.24, 2.45) is 0 Å². The number of hydrogen-bond acceptors (Lipinski definition) is 4. The number of halogens is 1. The highest BCUT2D eigenvalue weighted by Gasteiger charge is 2.26. The quantitative estimate of drug-likeness (QED) is 0.738. The number of carbonyl (C=O) groups excluding carboxylic acids is 1. The monoisotopic (exact) mass is 332 g/mol. The lowest BCUT2D eigenvalue weighted by atomic mass is 10.1. The molecule has 4 rings (SSSR count). The number of nitrogens with one attached hydrogen (secondary N) is 1. The van der Waals surface area contributed by atoms with Crippen molar-refractivity contribution in [3.05, 3.63) is 45.5 Å². The molecule has 0 saturated heterocycles. The highest BCUT2D eigenvalue weighted by molar-refractivity contribution is 7.21. The zero-order chi connectivity index (χ0) is 15.3. The summed E-state index contributed by atoms with van der Waals surface area (Å²) in [5.74, 6) is 0.0763. The summed E-state index contributed by atoms with van der Waals surface area (Å²) in [7, 11) is 0. The molecule has 22 heavy (non-hydrogen) atoms. The van der Waals surface area contributed by atoms with Crippen molar-refractivity contribution in [2.75, 3.05) is 5.32 Å². The number of aryl methyl sites for hydroxylation is 1. The minimum atomic E-state index is -0.282. The SMILES string of the molecule is Cc1c(C(=O)Nc2nc(C3CC3)cs2)sc2cccc(F)c12. The lowest BCUT2D eigenvalue weighted by Gasteiger charge is -2.00. The molecule has 1 aliphatic rings. The molecule has 2 heterocycles. The molecule has 0 unspecified atom stereocenters. The highest BCUT2D eigenvalue weighted by Crippen LogP contribution is 2.41. The lowest BCUT2D eigenvalue weighted by molar-refractivity contribution is 0.103. The van der Waals surface area contributed by atoms with E-state index in [2.05, 4.69) is 10.3 Å². The minimum Gasteiger partial charge on any atom is -0.297 e. The van der Waals surface area contributed by atoms with Crippen molar-refractivity contribution in [3.63, 3.8) is 0 Å². The van der Waals surface area contributed by atoms with Crippen LogP contribution in [0.4, 0.5) is 9.52 Å². The Bertz CT molecular complexity index is 880. The number of carbonyl (C=O) groups is 1. The van der Waals surface area contributed by atoms with Crippen LogP contribution in [-0.2, 0) is 0 Å². The zero-order valence-corrected chi connectivity index (χ0v) is 13.5. The first kappa shape index (κ1) is 13.8. The number of fused-ring (bicyclic) bond motifs is 1. The molecule has 0 radical (unpaired) electrons. The van der Waals surface area contributed by atoms with Gasteiger partial charge in [0, 0.05) is 21.4 Å². The number of thiazole rings is 1. The summed E-state index contributed by atoms with van der Waals surface area (Å²) in [6.07, 6.45) is 2.37. The molecule has 112 valence electrons. The molecule has 0 aliphatic heterocycles. The zero-order valence-electron chi connectivity index (χ0n) is 11.9. The number of nitrogens with zero attached hydrogens (tertiary/aromatic N) is 1. The maximum atomic E-state index is 13.9. The molecule has 3 nitrogen and oxygen atoms in total. The lowest BCUT2D eigenvalue weighted by Crippen LogP contribution is -2.11. The van der Waals surface area contributed by atoms with Crippen LogP contribution in [-0.4, -0.2) is 10.9 Å². The predicted octanol–water partition coefficient (Wildman–Crippen LogP) is 4.94. The van der Waals surface area contributed by atoms with E-state index in [1.54, 1.807) is 13.0 Å². The molecule has 2 aromatic heterocycles. The van der Waals surface area contributed by atoms with Crippen molar-refractivity contribution in [2.45, 2.75) is 25.7 Å². The molecule has 1 fully saturated rings. The van der Waals surface area contributed by atoms with Gasteiger partial charge in [-0.05, 0) is 37.5 Å². The van der Waals surface area contributed by atoms with Crippen molar-refractivity contribution >= 4 is 43.8 Å². The average molecular weight is 332 g/mol. The molecule has 0 spiro atoms. The van der Waals surface area contributed by atoms with Gasteiger partial charge < -0.3 is 0 Å². The van der Waals surface area contributed by atoms with Gasteiger partial charge in [0.15, 0.2) is 5.13 Å². The molecule has 1 saturated carbocycles. The van der Waals surface area contributed by atoms with Gasteiger partial charge >= 0.3 is 0 Å². The number of amides is 1. The maximum absolute atomic E-state index is 13.9. The molecule has 1 aliphatic carbocycles. The van der Waals surface area contributed by atoms with Crippen LogP contribution in [0.1, 0.15) is 39.7 Å². The number of anilines is 1. The molecular formula is C16H13FN2OS2. The summed E-state index contributed by atoms with van der Waals surface area (Å²) in [6, 6.07) is 4.92. The van der Waals surface area contributed by atoms with Gasteiger partial charge in [-0.25, -0.2) is 9.37 Å². The Morgan fingerprint density at radius 1 is 1.41 bits per heavy atom. The van der Waals surface area contributed by atoms with Crippen LogP contribution in [0.5, 0.6) is 0 Å². The van der Waals surface area contributed by atoms with E-state index in [1.165, 1.54) is 41.6 Å². The maximum Gasteiger partial charge on any atom is 0.267 e. The predicted molar refractivity (Wildman–Crippen MR) is 88.6 cm³/mol. The van der Waals surface area contributed by atoms with Crippen molar-refractivity contribution in [1.29, 1.82) is 0 Å². The second-order valence-electron chi connectivity index (χ2n) is 5.48. The third-order valence-corrected chi connectivity index (χ3v) is 5.88. The number of thiophene rings is 1. The molecule has 6 heteroatoms. The van der Waals surface area contributed by atoms with Crippen LogP contribution in [0.3, 0.4) is 0 Å². The van der Waals surface area contributed by atoms with Gasteiger partial charge in [-0.1, -0.05) is 6.07 Å². The third-order valence-electron chi connectivity index (χ3n) is 3.85. The van der Waals surface area contributed by atoms with Gasteiger partial charge in [0.1, 0.15) is 5.82 Å². The van der Waals surface area contributed by atoms with Crippen molar-refractivity contribution in [1.82, 2.24) is 4.98 Å². The minimum absolute atomic E-state index is 0.213. The Morgan fingerprint density at radius 2 is 2.23 bits per heavy atom. The van der Waals surface area contributed by atoms with Gasteiger partial charge in [-0.3, -0.25) is 10.1 Å². The van der Waals surface area contributed by atoms with E-state index in [1.807, 2.05) is 11.4 Å². The molecule has 3 aromatic rings. The second kappa shape index (κ2) is 5.14. The van der Waals surface area contributed by atoms with Crippen LogP contribution >= 0.6 is 22.7 Å². The van der Waals surface area contributed by atoms with Crippen LogP contribution in [0.2, 0.25) is 0 Å². The molecule has 0 atom stereocenters. The highest BCUT2D eigenvalue weighted by atomic mass is 32.1. The van der Waals surface area contributed by atoms with E-state index in [-0.39, 0.29) is 11.7 Å². The summed E-state index contributed by atoms with van der Waals surface area (Å²) < 4.78 is 14.7. The van der Waals surface area contributed by atoms with E-state index >= 15 is 0 Å². The second-order valence-corrected chi connectivity index (χ2v) is 7.39. The fourth-order valence-corrected chi connectivity index (χ4v) is 4.44. The normalized spacial score (nSPS) is 14.5. The summed E-state index contributed by atoms with van der Waals surface area (Å²) >= 11 is 2.76. The van der Waals surface area contributed by atoms with Crippen LogP contribution in [0.15, 0.2) is 23.6 Å². The Kier molecular flexibility index (Phi) is 3.23. The summed E-state index contributed by atoms with van der Waals surface area (Å²) in [5.41, 5.74) is 1.76. The molecule has 1 N–H and O–H groups in total. The number of hydrogen-bond donors (Lipinski definition) is 1. The summed E-state index contributed by atoms with van der Waals surface area (Å²) in [6.45, 7) is 1.79. The van der Waals surface area contributed by atoms with Crippen LogP contribution < -0.4 is 5.32 Å². The fourth-order valence-electron chi connectivity index (χ4n) is 2.53. The average Bonchev–Trinajstić information content (AvgIpc) is 3.14. The van der Waals surface area contributed by atoms with Crippen LogP contribution in [0, 0.1) is 12.7 Å². The Labute approximate surface area is 134 Å². The topological polar surface area (TPSA) is 42.0 Å². The van der Waals surface area contributed by atoms with Crippen molar-refractivity contribution < 1.29 is 9.18 Å². The number of rotatable bonds is 3. The molecule has 1 aromatic carbocycles. The van der Waals surface area contributed by atoms with Gasteiger partial charge in [0.2, 0.25) is 0 Å². The third kappa shape index (κ3) is 2.32. The van der Waals surface area contributed by atoms with E-state index in [9.17, 15) is 9.18 Å². The standard InChI is InChI=1S/C16H13FN2OS2/c1-8-13-10(17)3-2-4-12(13)22-14(8)15(20)19-16-18-11(7-21-16)9-5-6-9/h2-4,7,9H,5-6H2,1H3,(H,18,19,20). The van der Waals surface area contributed by atoms with Gasteiger partial charge in [-0.15, -0.1) is 22.7 Å². The van der Waals surface area contributed by atoms with Gasteiger partial charge in [0.25, 0.3) is 5.91 Å². The smallest absolute Gasteiger partial charge is 0.267 e. The first-order valence-corrected chi connectivity index (χ1v) is 8.77. The van der Waals surface area contributed by atoms with Crippen molar-refractivity contribution in [3.8, 4) is 0 Å². The molecular weight excluding hydrogens is 319 g/mol. The number of aromatic nitrogens is 1. The molecule has 1 amide bonds.